The summed E-state index contributed by atoms with van der Waals surface area (Å²) in [4.78, 5) is 11.2. The second-order valence-electron chi connectivity index (χ2n) is 7.07. The molecule has 0 spiro atoms. The van der Waals surface area contributed by atoms with E-state index in [1.165, 1.54) is 0 Å². The molecule has 0 amide bonds. The van der Waals surface area contributed by atoms with Crippen LogP contribution in [0.2, 0.25) is 0 Å². The molecule has 0 fully saturated rings. The van der Waals surface area contributed by atoms with Gasteiger partial charge < -0.3 is 15.0 Å². The zero-order valence-electron chi connectivity index (χ0n) is 16.8. The second-order valence-corrected chi connectivity index (χ2v) is 7.07. The number of aryl methyl sites for hydroxylation is 1. The fourth-order valence-corrected chi connectivity index (χ4v) is 2.99. The van der Waals surface area contributed by atoms with E-state index in [4.69, 9.17) is 4.74 Å². The fourth-order valence-electron chi connectivity index (χ4n) is 2.99. The molecule has 2 heterocycles. The minimum Gasteiger partial charge on any atom is -0.492 e. The second kappa shape index (κ2) is 8.28. The number of aromatic nitrogens is 4. The minimum atomic E-state index is 0.498. The molecule has 0 bridgehead atoms. The molecule has 0 aliphatic heterocycles. The topological polar surface area (TPSA) is 67.6 Å². The molecule has 0 saturated carbocycles. The van der Waals surface area contributed by atoms with Crippen molar-refractivity contribution in [2.75, 3.05) is 32.6 Å². The Balaban J connectivity index is 1.59. The molecule has 148 valence electrons. The number of nitrogens with one attached hydrogen (secondary N) is 1. The van der Waals surface area contributed by atoms with E-state index in [1.54, 1.807) is 6.20 Å². The van der Waals surface area contributed by atoms with Crippen molar-refractivity contribution >= 4 is 17.2 Å². The molecule has 0 atom stereocenters. The molecule has 2 aromatic heterocycles. The molecule has 0 aliphatic rings. The van der Waals surface area contributed by atoms with E-state index >= 15 is 0 Å². The quantitative estimate of drug-likeness (QED) is 0.520. The number of benzene rings is 2. The number of hydrogen-bond acceptors (Lipinski definition) is 6. The Labute approximate surface area is 170 Å². The van der Waals surface area contributed by atoms with Crippen molar-refractivity contribution in [3.8, 4) is 17.1 Å². The zero-order chi connectivity index (χ0) is 20.2. The van der Waals surface area contributed by atoms with E-state index in [1.807, 2.05) is 80.1 Å². The molecular formula is C22H24N6O. The van der Waals surface area contributed by atoms with Crippen LogP contribution < -0.4 is 10.1 Å². The van der Waals surface area contributed by atoms with Crippen molar-refractivity contribution in [3.05, 3.63) is 66.5 Å². The van der Waals surface area contributed by atoms with Crippen LogP contribution in [0, 0.1) is 6.92 Å². The summed E-state index contributed by atoms with van der Waals surface area (Å²) in [6.07, 6.45) is 1.79. The number of hydrogen-bond donors (Lipinski definition) is 1. The summed E-state index contributed by atoms with van der Waals surface area (Å²) in [5, 5.41) is 7.93. The highest BCUT2D eigenvalue weighted by Crippen LogP contribution is 2.23. The molecule has 4 aromatic rings. The summed E-state index contributed by atoms with van der Waals surface area (Å²) < 4.78 is 7.64. The first-order valence-electron chi connectivity index (χ1n) is 9.52. The van der Waals surface area contributed by atoms with Gasteiger partial charge in [0, 0.05) is 23.9 Å². The molecule has 0 unspecified atom stereocenters. The molecule has 0 radical (unpaired) electrons. The Bertz CT molecular complexity index is 1110. The number of anilines is 2. The van der Waals surface area contributed by atoms with Crippen molar-refractivity contribution in [1.29, 1.82) is 0 Å². The van der Waals surface area contributed by atoms with E-state index in [2.05, 4.69) is 25.3 Å². The maximum Gasteiger partial charge on any atom is 0.245 e. The van der Waals surface area contributed by atoms with Crippen LogP contribution in [-0.4, -0.2) is 51.7 Å². The highest BCUT2D eigenvalue weighted by Gasteiger charge is 2.12. The average Bonchev–Trinajstić information content (AvgIpc) is 3.05. The Kier molecular flexibility index (Phi) is 5.39. The van der Waals surface area contributed by atoms with Gasteiger partial charge in [0.1, 0.15) is 17.9 Å². The van der Waals surface area contributed by atoms with Crippen LogP contribution in [-0.2, 0) is 0 Å². The highest BCUT2D eigenvalue weighted by atomic mass is 16.5. The third-order valence-electron chi connectivity index (χ3n) is 4.51. The lowest BCUT2D eigenvalue weighted by Gasteiger charge is -2.12. The van der Waals surface area contributed by atoms with Crippen molar-refractivity contribution in [2.45, 2.75) is 6.92 Å². The highest BCUT2D eigenvalue weighted by molar-refractivity contribution is 5.65. The lowest BCUT2D eigenvalue weighted by atomic mass is 10.2. The van der Waals surface area contributed by atoms with Gasteiger partial charge in [-0.1, -0.05) is 36.4 Å². The summed E-state index contributed by atoms with van der Waals surface area (Å²) in [7, 11) is 4.05. The molecule has 0 saturated heterocycles. The predicted molar refractivity (Wildman–Crippen MR) is 115 cm³/mol. The molecule has 7 nitrogen and oxygen atoms in total. The van der Waals surface area contributed by atoms with Crippen molar-refractivity contribution < 1.29 is 4.74 Å². The fraction of sp³-hybridized carbons (Fsp3) is 0.227. The lowest BCUT2D eigenvalue weighted by molar-refractivity contribution is 0.261. The van der Waals surface area contributed by atoms with Gasteiger partial charge in [0.25, 0.3) is 0 Å². The minimum absolute atomic E-state index is 0.498. The average molecular weight is 388 g/mol. The monoisotopic (exact) mass is 388 g/mol. The molecule has 2 aromatic carbocycles. The maximum absolute atomic E-state index is 5.81. The van der Waals surface area contributed by atoms with Gasteiger partial charge in [0.2, 0.25) is 5.95 Å². The van der Waals surface area contributed by atoms with Crippen LogP contribution in [0.4, 0.5) is 11.6 Å². The smallest absolute Gasteiger partial charge is 0.245 e. The molecule has 7 heteroatoms. The van der Waals surface area contributed by atoms with E-state index in [0.717, 1.165) is 40.6 Å². The van der Waals surface area contributed by atoms with Crippen LogP contribution in [0.1, 0.15) is 5.69 Å². The Hall–Kier alpha value is -3.45. The van der Waals surface area contributed by atoms with Gasteiger partial charge in [-0.3, -0.25) is 0 Å². The summed E-state index contributed by atoms with van der Waals surface area (Å²) in [6, 6.07) is 17.8. The van der Waals surface area contributed by atoms with Crippen molar-refractivity contribution in [1.82, 2.24) is 24.5 Å². The van der Waals surface area contributed by atoms with Gasteiger partial charge in [-0.25, -0.2) is 14.5 Å². The van der Waals surface area contributed by atoms with Gasteiger partial charge in [-0.05, 0) is 33.2 Å². The van der Waals surface area contributed by atoms with E-state index in [-0.39, 0.29) is 0 Å². The predicted octanol–water partition coefficient (Wildman–Crippen LogP) is 3.78. The Morgan fingerprint density at radius 2 is 1.90 bits per heavy atom. The van der Waals surface area contributed by atoms with E-state index < -0.39 is 0 Å². The first kappa shape index (κ1) is 18.9. The third kappa shape index (κ3) is 4.35. The molecule has 29 heavy (non-hydrogen) atoms. The number of fused-ring (bicyclic) bond motifs is 1. The molecule has 4 rings (SSSR count). The summed E-state index contributed by atoms with van der Waals surface area (Å²) in [6.45, 7) is 3.46. The largest absolute Gasteiger partial charge is 0.492 e. The van der Waals surface area contributed by atoms with Crippen LogP contribution in [0.25, 0.3) is 16.9 Å². The van der Waals surface area contributed by atoms with Crippen LogP contribution in [0.3, 0.4) is 0 Å². The first-order valence-corrected chi connectivity index (χ1v) is 9.52. The number of imidazole rings is 1. The number of nitrogens with zero attached hydrogens (tertiary/aromatic N) is 5. The van der Waals surface area contributed by atoms with Crippen molar-refractivity contribution in [2.24, 2.45) is 0 Å². The van der Waals surface area contributed by atoms with E-state index in [9.17, 15) is 0 Å². The summed E-state index contributed by atoms with van der Waals surface area (Å²) >= 11 is 0. The SMILES string of the molecule is Cc1nc(-c2ccccc2)n2nc(Nc3cccc(OCCN(C)C)c3)ncc12. The van der Waals surface area contributed by atoms with Gasteiger partial charge in [-0.15, -0.1) is 5.10 Å². The number of likely N-dealkylation sites (N-methyl/N-ethyl adjacent to an activating group) is 1. The lowest BCUT2D eigenvalue weighted by Crippen LogP contribution is -2.19. The van der Waals surface area contributed by atoms with Gasteiger partial charge in [-0.2, -0.15) is 0 Å². The maximum atomic E-state index is 5.81. The molecule has 0 aliphatic carbocycles. The third-order valence-corrected chi connectivity index (χ3v) is 4.51. The number of ether oxygens (including phenoxy) is 1. The normalized spacial score (nSPS) is 11.2. The van der Waals surface area contributed by atoms with Crippen LogP contribution in [0.15, 0.2) is 60.8 Å². The van der Waals surface area contributed by atoms with Crippen molar-refractivity contribution in [3.63, 3.8) is 0 Å². The Morgan fingerprint density at radius 1 is 1.07 bits per heavy atom. The molecule has 1 N–H and O–H groups in total. The number of rotatable bonds is 7. The van der Waals surface area contributed by atoms with Gasteiger partial charge in [0.15, 0.2) is 5.82 Å². The Morgan fingerprint density at radius 3 is 2.69 bits per heavy atom. The summed E-state index contributed by atoms with van der Waals surface area (Å²) in [5.41, 5.74) is 3.66. The van der Waals surface area contributed by atoms with Gasteiger partial charge in [0.05, 0.1) is 11.9 Å². The summed E-state index contributed by atoms with van der Waals surface area (Å²) in [5.74, 6) is 2.10. The van der Waals surface area contributed by atoms with Crippen LogP contribution in [0.5, 0.6) is 5.75 Å². The zero-order valence-corrected chi connectivity index (χ0v) is 16.8. The standard InChI is InChI=1S/C22H24N6O/c1-16-20-15-23-22(26-28(20)21(24-16)17-8-5-4-6-9-17)25-18-10-7-11-19(14-18)29-13-12-27(2)3/h4-11,14-15H,12-13H2,1-3H3,(H,25,26). The van der Waals surface area contributed by atoms with Crippen LogP contribution >= 0.6 is 0 Å². The molecular weight excluding hydrogens is 364 g/mol. The van der Waals surface area contributed by atoms with Gasteiger partial charge >= 0.3 is 0 Å². The van der Waals surface area contributed by atoms with E-state index in [0.29, 0.717) is 12.6 Å². The first-order chi connectivity index (χ1) is 14.1.